The fraction of sp³-hybridized carbons (Fsp3) is 0.564. The number of fused-ring (bicyclic) bond motifs is 7. The number of ether oxygens (including phenoxy) is 2. The van der Waals surface area contributed by atoms with E-state index in [4.69, 9.17) is 24.4 Å². The summed E-state index contributed by atoms with van der Waals surface area (Å²) < 4.78 is 11.1. The molecular weight excluding hydrogens is 821 g/mol. The predicted molar refractivity (Wildman–Crippen MR) is 265 cm³/mol. The molecule has 9 nitrogen and oxygen atoms in total. The summed E-state index contributed by atoms with van der Waals surface area (Å²) in [5.41, 5.74) is 11.9. The molecule has 1 fully saturated rings. The first kappa shape index (κ1) is 52.0. The average molecular weight is 897 g/mol. The fourth-order valence-corrected chi connectivity index (χ4v) is 10.4. The summed E-state index contributed by atoms with van der Waals surface area (Å²) in [6, 6.07) is 0. The molecule has 1 aliphatic carbocycles. The van der Waals surface area contributed by atoms with E-state index in [9.17, 15) is 14.7 Å². The van der Waals surface area contributed by atoms with E-state index in [2.05, 4.69) is 80.3 Å². The molecule has 65 heavy (non-hydrogen) atoms. The Kier molecular flexibility index (Phi) is 18.5. The second kappa shape index (κ2) is 23.1. The van der Waals surface area contributed by atoms with E-state index in [-0.39, 0.29) is 53.9 Å². The van der Waals surface area contributed by atoms with Gasteiger partial charge >= 0.3 is 35.0 Å². The van der Waals surface area contributed by atoms with Crippen LogP contribution in [0.25, 0.3) is 29.9 Å². The number of nitrogens with one attached hydrogen (secondary N) is 1. The summed E-state index contributed by atoms with van der Waals surface area (Å²) in [5, 5.41) is 17.4. The number of nitrogens with zero attached hydrogens (tertiary/aromatic N) is 3. The number of allylic oxidation sites excluding steroid dienone is 3. The minimum atomic E-state index is -1.16. The quantitative estimate of drug-likeness (QED) is 0.0648. The molecule has 5 heterocycles. The van der Waals surface area contributed by atoms with Crippen LogP contribution in [0.15, 0.2) is 29.6 Å². The van der Waals surface area contributed by atoms with E-state index in [0.717, 1.165) is 98.3 Å². The molecular formula is C55H75MgN4O5-. The number of aliphatic hydroxyl groups is 1. The van der Waals surface area contributed by atoms with Crippen LogP contribution in [-0.2, 0) is 25.5 Å². The smallest absolute Gasteiger partial charge is 0.657 e. The monoisotopic (exact) mass is 896 g/mol. The summed E-state index contributed by atoms with van der Waals surface area (Å²) in [5.74, 6) is 0.216. The normalized spacial score (nSPS) is 22.8. The summed E-state index contributed by atoms with van der Waals surface area (Å²) >= 11 is 0. The molecule has 3 aromatic heterocycles. The van der Waals surface area contributed by atoms with E-state index in [0.29, 0.717) is 28.9 Å². The van der Waals surface area contributed by atoms with Crippen molar-refractivity contribution in [1.82, 2.24) is 20.3 Å². The molecule has 1 saturated heterocycles. The van der Waals surface area contributed by atoms with E-state index in [1.54, 1.807) is 0 Å². The van der Waals surface area contributed by atoms with Gasteiger partial charge in [-0.1, -0.05) is 145 Å². The molecule has 0 radical (unpaired) electrons. The summed E-state index contributed by atoms with van der Waals surface area (Å²) in [6.07, 6.45) is 21.6. The molecule has 2 N–H and O–H groups in total. The number of carbonyl (C=O) groups is 2. The molecule has 3 aromatic rings. The first-order chi connectivity index (χ1) is 30.6. The Morgan fingerprint density at radius 3 is 2.15 bits per heavy atom. The number of aliphatic hydroxyl groups excluding tert-OH is 1. The fourth-order valence-electron chi connectivity index (χ4n) is 10.4. The van der Waals surface area contributed by atoms with Crippen LogP contribution in [0.5, 0.6) is 0 Å². The van der Waals surface area contributed by atoms with E-state index >= 15 is 0 Å². The molecule has 2 aliphatic heterocycles. The summed E-state index contributed by atoms with van der Waals surface area (Å²) in [7, 11) is 1.35. The summed E-state index contributed by atoms with van der Waals surface area (Å²) in [6.45, 7) is 26.3. The van der Waals surface area contributed by atoms with Crippen LogP contribution in [0, 0.1) is 56.3 Å². The molecule has 6 atom stereocenters. The third-order valence-electron chi connectivity index (χ3n) is 14.5. The molecule has 0 unspecified atom stereocenters. The van der Waals surface area contributed by atoms with Gasteiger partial charge in [0.25, 0.3) is 0 Å². The Hall–Kier alpha value is -3.99. The van der Waals surface area contributed by atoms with Gasteiger partial charge < -0.3 is 34.8 Å². The third-order valence-corrected chi connectivity index (χ3v) is 14.5. The van der Waals surface area contributed by atoms with Crippen molar-refractivity contribution < 1.29 is 24.2 Å². The Morgan fingerprint density at radius 2 is 1.51 bits per heavy atom. The zero-order valence-electron chi connectivity index (χ0n) is 41.5. The van der Waals surface area contributed by atoms with Crippen molar-refractivity contribution in [3.05, 3.63) is 96.5 Å². The number of esters is 2. The molecule has 0 aromatic carbocycles. The Balaban J connectivity index is 0.00000793. The standard InChI is InChI=1S/C55H75N4O5.Mg/c1-13-39-35(8)42-28-44-37(10)41(24-25-48(60)64-27-26-34(7)23-17-22-33(6)21-16-20-32(5)19-15-18-31(3)4)52(58-44)50-51(55(62)63-12)54(61)49-38(11)45(59-53(49)50)30-47-40(14-2)36(9)43(57-47)29-46(39)56-42;/h13,26,28-33,37,41,51,54,58,61H,1,14-25,27H2,2-12H3;/q-3;+2/b34-26-,43-29-,44-28-,47-30-,52-50-;/t32-,33-,37+,41+,51-,54+;/m1./s1. The largest absolute Gasteiger partial charge is 2.00 e. The number of hydrogen-bond donors (Lipinski definition) is 2. The molecule has 0 amide bonds. The zero-order valence-corrected chi connectivity index (χ0v) is 42.9. The van der Waals surface area contributed by atoms with Crippen LogP contribution in [0.1, 0.15) is 181 Å². The second-order valence-corrected chi connectivity index (χ2v) is 19.7. The molecule has 348 valence electrons. The van der Waals surface area contributed by atoms with Gasteiger partial charge in [-0.25, -0.2) is 0 Å². The molecule has 0 saturated carbocycles. The zero-order chi connectivity index (χ0) is 46.4. The number of aromatic nitrogens is 3. The Labute approximate surface area is 405 Å². The SMILES string of the molecule is C=Cc1c2[n-]c(c1C)/C=C1\N/C(=C3\c4[n-]c(c(C)c4[C@H](O)[C@@H]3C(=O)OC)/C=c3\[n-]/c(c(C)c3CC)=C\2)[C@@H](CCC(=O)OC/C=C(/C)CCC[C@H](C)CCC[C@H](C)CCCC(C)C)[C@@H]1C.[Mg+2]. The minimum Gasteiger partial charge on any atom is -0.657 e. The molecule has 6 rings (SSSR count). The minimum absolute atomic E-state index is 0. The van der Waals surface area contributed by atoms with Crippen LogP contribution in [0.2, 0.25) is 0 Å². The summed E-state index contributed by atoms with van der Waals surface area (Å²) in [4.78, 5) is 42.5. The van der Waals surface area contributed by atoms with Crippen LogP contribution in [-0.4, -0.2) is 53.8 Å². The van der Waals surface area contributed by atoms with Crippen molar-refractivity contribution >= 4 is 64.9 Å². The van der Waals surface area contributed by atoms with Gasteiger partial charge in [0, 0.05) is 29.7 Å². The maximum atomic E-state index is 13.7. The van der Waals surface area contributed by atoms with Gasteiger partial charge in [-0.2, -0.15) is 0 Å². The Morgan fingerprint density at radius 1 is 0.862 bits per heavy atom. The number of methoxy groups -OCH3 is 1. The first-order valence-corrected chi connectivity index (χ1v) is 24.2. The van der Waals surface area contributed by atoms with Crippen LogP contribution >= 0.6 is 0 Å². The maximum absolute atomic E-state index is 13.7. The molecule has 10 heteroatoms. The number of hydrogen-bond acceptors (Lipinski definition) is 6. The first-order valence-electron chi connectivity index (χ1n) is 24.2. The maximum Gasteiger partial charge on any atom is 2.00 e. The van der Waals surface area contributed by atoms with Gasteiger partial charge in [-0.3, -0.25) is 9.59 Å². The van der Waals surface area contributed by atoms with Gasteiger partial charge in [0.1, 0.15) is 12.5 Å². The van der Waals surface area contributed by atoms with Crippen LogP contribution in [0.3, 0.4) is 0 Å². The second-order valence-electron chi connectivity index (χ2n) is 19.7. The number of rotatable bonds is 20. The van der Waals surface area contributed by atoms with Crippen molar-refractivity contribution in [1.29, 1.82) is 0 Å². The topological polar surface area (TPSA) is 127 Å². The number of carbonyl (C=O) groups excluding carboxylic acids is 2. The van der Waals surface area contributed by atoms with Gasteiger partial charge in [-0.05, 0) is 93.9 Å². The predicted octanol–water partition coefficient (Wildman–Crippen LogP) is 9.43. The van der Waals surface area contributed by atoms with E-state index in [1.807, 2.05) is 31.2 Å². The van der Waals surface area contributed by atoms with E-state index < -0.39 is 18.0 Å². The van der Waals surface area contributed by atoms with Crippen molar-refractivity contribution in [2.45, 2.75) is 152 Å². The van der Waals surface area contributed by atoms with Crippen molar-refractivity contribution in [3.8, 4) is 0 Å². The van der Waals surface area contributed by atoms with Gasteiger partial charge in [0.05, 0.1) is 13.2 Å². The molecule has 3 aliphatic rings. The Bertz CT molecular complexity index is 2400. The molecule has 0 spiro atoms. The third kappa shape index (κ3) is 11.8. The molecule has 8 bridgehead atoms. The van der Waals surface area contributed by atoms with Gasteiger partial charge in [0.15, 0.2) is 0 Å². The van der Waals surface area contributed by atoms with E-state index in [1.165, 1.54) is 57.6 Å². The average Bonchev–Trinajstić information content (AvgIpc) is 3.99. The van der Waals surface area contributed by atoms with Gasteiger partial charge in [-0.15, -0.1) is 33.5 Å². The van der Waals surface area contributed by atoms with Crippen LogP contribution < -0.4 is 31.0 Å². The van der Waals surface area contributed by atoms with Gasteiger partial charge in [0.2, 0.25) is 0 Å². The van der Waals surface area contributed by atoms with Crippen molar-refractivity contribution in [2.24, 2.45) is 35.5 Å². The van der Waals surface area contributed by atoms with Crippen molar-refractivity contribution in [3.63, 3.8) is 0 Å². The van der Waals surface area contributed by atoms with Crippen LogP contribution in [0.4, 0.5) is 0 Å². The van der Waals surface area contributed by atoms with Crippen molar-refractivity contribution in [2.75, 3.05) is 13.7 Å².